The first-order chi connectivity index (χ1) is 12.4. The van der Waals surface area contributed by atoms with Crippen molar-refractivity contribution in [2.75, 3.05) is 20.8 Å². The van der Waals surface area contributed by atoms with Gasteiger partial charge in [-0.2, -0.15) is 0 Å². The molecule has 0 fully saturated rings. The van der Waals surface area contributed by atoms with Gasteiger partial charge in [-0.25, -0.2) is 8.78 Å². The van der Waals surface area contributed by atoms with Crippen LogP contribution in [0.5, 0.6) is 11.5 Å². The second kappa shape index (κ2) is 8.47. The van der Waals surface area contributed by atoms with Crippen molar-refractivity contribution in [1.82, 2.24) is 4.90 Å². The highest BCUT2D eigenvalue weighted by molar-refractivity contribution is 5.95. The van der Waals surface area contributed by atoms with Crippen molar-refractivity contribution in [3.05, 3.63) is 71.8 Å². The molecule has 2 aromatic carbocycles. The van der Waals surface area contributed by atoms with Crippen molar-refractivity contribution in [1.29, 1.82) is 0 Å². The van der Waals surface area contributed by atoms with Gasteiger partial charge in [-0.15, -0.1) is 0 Å². The third-order valence-corrected chi connectivity index (χ3v) is 4.09. The van der Waals surface area contributed by atoms with Gasteiger partial charge in [0, 0.05) is 12.6 Å². The van der Waals surface area contributed by atoms with Crippen molar-refractivity contribution >= 4 is 5.91 Å². The van der Waals surface area contributed by atoms with Crippen LogP contribution >= 0.6 is 0 Å². The molecule has 2 rings (SSSR count). The van der Waals surface area contributed by atoms with Gasteiger partial charge in [-0.3, -0.25) is 4.79 Å². The molecule has 0 saturated carbocycles. The van der Waals surface area contributed by atoms with Gasteiger partial charge in [-0.1, -0.05) is 18.7 Å². The molecule has 0 aliphatic heterocycles. The summed E-state index contributed by atoms with van der Waals surface area (Å²) in [5, 5.41) is 0. The van der Waals surface area contributed by atoms with E-state index in [1.54, 1.807) is 38.2 Å². The topological polar surface area (TPSA) is 38.8 Å². The number of rotatable bonds is 7. The van der Waals surface area contributed by atoms with Crippen molar-refractivity contribution < 1.29 is 23.0 Å². The Balaban J connectivity index is 2.23. The summed E-state index contributed by atoms with van der Waals surface area (Å²) in [6.07, 6.45) is 1.61. The molecule has 0 aliphatic carbocycles. The van der Waals surface area contributed by atoms with Crippen LogP contribution < -0.4 is 9.47 Å². The van der Waals surface area contributed by atoms with Crippen molar-refractivity contribution in [2.24, 2.45) is 0 Å². The zero-order valence-corrected chi connectivity index (χ0v) is 15.0. The standard InChI is InChI=1S/C20H21F2NO3/c1-5-10-26-18-9-7-15(12-19(18)25-4)20(24)23(3)13(2)14-6-8-16(21)17(22)11-14/h5-9,11-13H,1,10H2,2-4H3. The maximum atomic E-state index is 13.5. The molecule has 1 atom stereocenters. The highest BCUT2D eigenvalue weighted by Crippen LogP contribution is 2.30. The minimum absolute atomic E-state index is 0.282. The monoisotopic (exact) mass is 361 g/mol. The summed E-state index contributed by atoms with van der Waals surface area (Å²) in [7, 11) is 3.08. The summed E-state index contributed by atoms with van der Waals surface area (Å²) in [5.74, 6) is -1.22. The summed E-state index contributed by atoms with van der Waals surface area (Å²) in [6.45, 7) is 5.64. The van der Waals surface area contributed by atoms with Gasteiger partial charge >= 0.3 is 0 Å². The van der Waals surface area contributed by atoms with Crippen molar-refractivity contribution in [3.8, 4) is 11.5 Å². The first-order valence-electron chi connectivity index (χ1n) is 8.02. The Kier molecular flexibility index (Phi) is 6.33. The van der Waals surface area contributed by atoms with E-state index in [9.17, 15) is 13.6 Å². The third kappa shape index (κ3) is 4.20. The van der Waals surface area contributed by atoms with Crippen LogP contribution in [0.3, 0.4) is 0 Å². The van der Waals surface area contributed by atoms with E-state index in [0.29, 0.717) is 29.2 Å². The Morgan fingerprint density at radius 2 is 1.92 bits per heavy atom. The number of carbonyl (C=O) groups excluding carboxylic acids is 1. The molecule has 0 aliphatic rings. The Hall–Kier alpha value is -2.89. The van der Waals surface area contributed by atoms with Crippen LogP contribution in [0.25, 0.3) is 0 Å². The Bertz CT molecular complexity index is 808. The average Bonchev–Trinajstić information content (AvgIpc) is 2.66. The van der Waals surface area contributed by atoms with E-state index in [4.69, 9.17) is 9.47 Å². The maximum absolute atomic E-state index is 13.5. The van der Waals surface area contributed by atoms with Crippen molar-refractivity contribution in [3.63, 3.8) is 0 Å². The number of halogens is 2. The molecule has 1 unspecified atom stereocenters. The number of nitrogens with zero attached hydrogens (tertiary/aromatic N) is 1. The number of ether oxygens (including phenoxy) is 2. The van der Waals surface area contributed by atoms with Gasteiger partial charge in [0.1, 0.15) is 6.61 Å². The molecule has 0 N–H and O–H groups in total. The van der Waals surface area contributed by atoms with Crippen molar-refractivity contribution in [2.45, 2.75) is 13.0 Å². The predicted molar refractivity (Wildman–Crippen MR) is 95.6 cm³/mol. The second-order valence-electron chi connectivity index (χ2n) is 5.73. The predicted octanol–water partition coefficient (Wildman–Crippen LogP) is 4.37. The van der Waals surface area contributed by atoms with Crippen LogP contribution in [0.4, 0.5) is 8.78 Å². The number of hydrogen-bond acceptors (Lipinski definition) is 3. The van der Waals surface area contributed by atoms with Crippen LogP contribution in [0.1, 0.15) is 28.9 Å². The van der Waals surface area contributed by atoms with E-state index in [2.05, 4.69) is 6.58 Å². The van der Waals surface area contributed by atoms with E-state index in [1.807, 2.05) is 0 Å². The van der Waals surface area contributed by atoms with E-state index in [1.165, 1.54) is 18.1 Å². The molecule has 0 spiro atoms. The lowest BCUT2D eigenvalue weighted by molar-refractivity contribution is 0.0742. The lowest BCUT2D eigenvalue weighted by Gasteiger charge is -2.26. The summed E-state index contributed by atoms with van der Waals surface area (Å²) >= 11 is 0. The van der Waals surface area contributed by atoms with E-state index < -0.39 is 17.7 Å². The molecule has 138 valence electrons. The minimum atomic E-state index is -0.944. The molecule has 0 aromatic heterocycles. The van der Waals surface area contributed by atoms with Crippen LogP contribution in [0, 0.1) is 11.6 Å². The first kappa shape index (κ1) is 19.4. The molecular formula is C20H21F2NO3. The molecule has 26 heavy (non-hydrogen) atoms. The van der Waals surface area contributed by atoms with Gasteiger partial charge in [0.05, 0.1) is 13.2 Å². The maximum Gasteiger partial charge on any atom is 0.254 e. The molecule has 4 nitrogen and oxygen atoms in total. The molecule has 0 heterocycles. The number of carbonyl (C=O) groups is 1. The van der Waals surface area contributed by atoms with Crippen LogP contribution in [0.2, 0.25) is 0 Å². The highest BCUT2D eigenvalue weighted by atomic mass is 19.2. The number of benzene rings is 2. The fourth-order valence-corrected chi connectivity index (χ4v) is 2.44. The van der Waals surface area contributed by atoms with Gasteiger partial charge in [0.15, 0.2) is 23.1 Å². The molecule has 0 bridgehead atoms. The van der Waals surface area contributed by atoms with Gasteiger partial charge in [0.25, 0.3) is 5.91 Å². The zero-order valence-electron chi connectivity index (χ0n) is 15.0. The second-order valence-corrected chi connectivity index (χ2v) is 5.73. The minimum Gasteiger partial charge on any atom is -0.493 e. The normalized spacial score (nSPS) is 11.6. The average molecular weight is 361 g/mol. The molecule has 0 radical (unpaired) electrons. The summed E-state index contributed by atoms with van der Waals surface area (Å²) in [4.78, 5) is 14.2. The number of methoxy groups -OCH3 is 1. The fraction of sp³-hybridized carbons (Fsp3) is 0.250. The molecule has 1 amide bonds. The Morgan fingerprint density at radius 1 is 1.19 bits per heavy atom. The molecule has 6 heteroatoms. The van der Waals surface area contributed by atoms with Crippen LogP contribution in [-0.2, 0) is 0 Å². The molecule has 2 aromatic rings. The first-order valence-corrected chi connectivity index (χ1v) is 8.02. The Morgan fingerprint density at radius 3 is 2.54 bits per heavy atom. The van der Waals surface area contributed by atoms with Gasteiger partial charge in [0.2, 0.25) is 0 Å². The van der Waals surface area contributed by atoms with Crippen LogP contribution in [0.15, 0.2) is 49.1 Å². The molecular weight excluding hydrogens is 340 g/mol. The SMILES string of the molecule is C=CCOc1ccc(C(=O)N(C)C(C)c2ccc(F)c(F)c2)cc1OC. The Labute approximate surface area is 151 Å². The quantitative estimate of drug-likeness (QED) is 0.688. The lowest BCUT2D eigenvalue weighted by atomic mass is 10.1. The summed E-state index contributed by atoms with van der Waals surface area (Å²) in [6, 6.07) is 8.00. The largest absolute Gasteiger partial charge is 0.493 e. The van der Waals surface area contributed by atoms with E-state index in [0.717, 1.165) is 12.1 Å². The van der Waals surface area contributed by atoms with E-state index >= 15 is 0 Å². The summed E-state index contributed by atoms with van der Waals surface area (Å²) < 4.78 is 37.3. The molecule has 0 saturated heterocycles. The number of hydrogen-bond donors (Lipinski definition) is 0. The summed E-state index contributed by atoms with van der Waals surface area (Å²) in [5.41, 5.74) is 0.891. The van der Waals surface area contributed by atoms with Gasteiger partial charge in [-0.05, 0) is 42.8 Å². The fourth-order valence-electron chi connectivity index (χ4n) is 2.44. The zero-order chi connectivity index (χ0) is 19.3. The smallest absolute Gasteiger partial charge is 0.254 e. The number of amides is 1. The van der Waals surface area contributed by atoms with Crippen LogP contribution in [-0.4, -0.2) is 31.6 Å². The van der Waals surface area contributed by atoms with Gasteiger partial charge < -0.3 is 14.4 Å². The lowest BCUT2D eigenvalue weighted by Crippen LogP contribution is -2.29. The highest BCUT2D eigenvalue weighted by Gasteiger charge is 2.21. The van der Waals surface area contributed by atoms with E-state index in [-0.39, 0.29) is 5.91 Å². The third-order valence-electron chi connectivity index (χ3n) is 4.09.